The summed E-state index contributed by atoms with van der Waals surface area (Å²) in [5.41, 5.74) is -0.378. The highest BCUT2D eigenvalue weighted by Crippen LogP contribution is 2.30. The molecule has 1 N–H and O–H groups in total. The van der Waals surface area contributed by atoms with Crippen LogP contribution in [0.5, 0.6) is 0 Å². The van der Waals surface area contributed by atoms with Crippen LogP contribution < -0.4 is 10.7 Å². The average molecular weight is 450 g/mol. The Balaban J connectivity index is 1.69. The molecule has 3 rings (SSSR count). The largest absolute Gasteiger partial charge is 0.416 e. The number of hydrogen-bond donors (Lipinski definition) is 1. The van der Waals surface area contributed by atoms with Crippen molar-refractivity contribution >= 4 is 17.2 Å². The molecule has 0 atom stereocenters. The van der Waals surface area contributed by atoms with Gasteiger partial charge in [0.2, 0.25) is 5.43 Å². The van der Waals surface area contributed by atoms with Gasteiger partial charge >= 0.3 is 6.18 Å². The van der Waals surface area contributed by atoms with Gasteiger partial charge in [-0.1, -0.05) is 6.07 Å². The number of halogens is 3. The van der Waals surface area contributed by atoms with Crippen molar-refractivity contribution in [2.24, 2.45) is 0 Å². The monoisotopic (exact) mass is 450 g/mol. The summed E-state index contributed by atoms with van der Waals surface area (Å²) in [6.07, 6.45) is -2.19. The van der Waals surface area contributed by atoms with E-state index in [1.165, 1.54) is 25.1 Å². The van der Waals surface area contributed by atoms with Gasteiger partial charge in [-0.05, 0) is 51.3 Å². The van der Waals surface area contributed by atoms with Crippen molar-refractivity contribution in [2.75, 3.05) is 6.54 Å². The van der Waals surface area contributed by atoms with Crippen LogP contribution in [-0.4, -0.2) is 27.2 Å². The first-order chi connectivity index (χ1) is 14.6. The van der Waals surface area contributed by atoms with Crippen molar-refractivity contribution in [3.63, 3.8) is 0 Å². The standard InChI is InChI=1S/C21H21F3N4O2S/c1-13-12-31-18(26-13)8-3-4-9-25-20(30)19-17(29)10-14(2)28(27-19)16-7-5-6-15(11-16)21(22,23)24/h5-7,10-12H,3-4,8-9H2,1-2H3,(H,25,30). The number of nitrogens with zero attached hydrogens (tertiary/aromatic N) is 3. The summed E-state index contributed by atoms with van der Waals surface area (Å²) >= 11 is 1.59. The molecule has 0 saturated carbocycles. The first-order valence-electron chi connectivity index (χ1n) is 9.63. The number of unbranched alkanes of at least 4 members (excludes halogenated alkanes) is 1. The lowest BCUT2D eigenvalue weighted by Gasteiger charge is -2.13. The van der Waals surface area contributed by atoms with Gasteiger partial charge < -0.3 is 5.32 Å². The van der Waals surface area contributed by atoms with E-state index >= 15 is 0 Å². The second-order valence-electron chi connectivity index (χ2n) is 7.05. The van der Waals surface area contributed by atoms with E-state index < -0.39 is 23.1 Å². The molecule has 6 nitrogen and oxygen atoms in total. The summed E-state index contributed by atoms with van der Waals surface area (Å²) < 4.78 is 40.2. The van der Waals surface area contributed by atoms with Crippen LogP contribution in [0.2, 0.25) is 0 Å². The van der Waals surface area contributed by atoms with Crippen molar-refractivity contribution in [1.82, 2.24) is 20.1 Å². The Morgan fingerprint density at radius 2 is 1.97 bits per heavy atom. The number of carbonyl (C=O) groups excluding carboxylic acids is 1. The number of thiazole rings is 1. The number of carbonyl (C=O) groups is 1. The molecular formula is C21H21F3N4O2S. The zero-order valence-corrected chi connectivity index (χ0v) is 17.8. The van der Waals surface area contributed by atoms with Crippen LogP contribution in [0, 0.1) is 13.8 Å². The fourth-order valence-corrected chi connectivity index (χ4v) is 3.80. The second-order valence-corrected chi connectivity index (χ2v) is 8.00. The van der Waals surface area contributed by atoms with E-state index in [4.69, 9.17) is 0 Å². The molecule has 2 heterocycles. The summed E-state index contributed by atoms with van der Waals surface area (Å²) in [6.45, 7) is 3.82. The highest BCUT2D eigenvalue weighted by molar-refractivity contribution is 7.09. The van der Waals surface area contributed by atoms with E-state index in [9.17, 15) is 22.8 Å². The Hall–Kier alpha value is -3.01. The van der Waals surface area contributed by atoms with Crippen molar-refractivity contribution in [3.05, 3.63) is 73.6 Å². The zero-order valence-electron chi connectivity index (χ0n) is 17.0. The Morgan fingerprint density at radius 1 is 1.19 bits per heavy atom. The maximum Gasteiger partial charge on any atom is 0.416 e. The summed E-state index contributed by atoms with van der Waals surface area (Å²) in [4.78, 5) is 29.1. The van der Waals surface area contributed by atoms with Gasteiger partial charge in [0.05, 0.1) is 16.3 Å². The van der Waals surface area contributed by atoms with Crippen LogP contribution in [0.25, 0.3) is 5.69 Å². The molecule has 0 saturated heterocycles. The van der Waals surface area contributed by atoms with Crippen LogP contribution in [0.3, 0.4) is 0 Å². The minimum absolute atomic E-state index is 0.111. The minimum atomic E-state index is -4.51. The van der Waals surface area contributed by atoms with E-state index in [1.54, 1.807) is 11.3 Å². The Morgan fingerprint density at radius 3 is 2.65 bits per heavy atom. The lowest BCUT2D eigenvalue weighted by Crippen LogP contribution is -2.32. The van der Waals surface area contributed by atoms with Gasteiger partial charge in [-0.15, -0.1) is 11.3 Å². The highest BCUT2D eigenvalue weighted by Gasteiger charge is 2.30. The molecule has 0 unspecified atom stereocenters. The fourth-order valence-electron chi connectivity index (χ4n) is 2.98. The Bertz CT molecular complexity index is 1140. The highest BCUT2D eigenvalue weighted by atomic mass is 32.1. The third kappa shape index (κ3) is 5.78. The van der Waals surface area contributed by atoms with E-state index in [1.807, 2.05) is 12.3 Å². The van der Waals surface area contributed by atoms with Crippen LogP contribution in [0.4, 0.5) is 13.2 Å². The number of hydrogen-bond acceptors (Lipinski definition) is 5. The summed E-state index contributed by atoms with van der Waals surface area (Å²) in [5, 5.41) is 9.70. The molecule has 0 bridgehead atoms. The maximum absolute atomic E-state index is 13.0. The SMILES string of the molecule is Cc1csc(CCCCNC(=O)c2nn(-c3cccc(C(F)(F)F)c3)c(C)cc2=O)n1. The lowest BCUT2D eigenvalue weighted by molar-refractivity contribution is -0.137. The normalized spacial score (nSPS) is 11.5. The first-order valence-corrected chi connectivity index (χ1v) is 10.5. The summed E-state index contributed by atoms with van der Waals surface area (Å²) in [7, 11) is 0. The zero-order chi connectivity index (χ0) is 22.6. The number of nitrogens with one attached hydrogen (secondary N) is 1. The molecule has 10 heteroatoms. The summed E-state index contributed by atoms with van der Waals surface area (Å²) in [6, 6.07) is 5.74. The molecule has 0 aliphatic carbocycles. The predicted octanol–water partition coefficient (Wildman–Crippen LogP) is 4.08. The average Bonchev–Trinajstić information content (AvgIpc) is 3.12. The molecule has 31 heavy (non-hydrogen) atoms. The van der Waals surface area contributed by atoms with Gasteiger partial charge in [0, 0.05) is 29.4 Å². The summed E-state index contributed by atoms with van der Waals surface area (Å²) in [5.74, 6) is -0.657. The number of aryl methyl sites for hydroxylation is 3. The second kappa shape index (κ2) is 9.42. The van der Waals surface area contributed by atoms with Crippen LogP contribution in [0.1, 0.15) is 45.3 Å². The number of aromatic nitrogens is 3. The number of alkyl halides is 3. The third-order valence-electron chi connectivity index (χ3n) is 4.51. The Kier molecular flexibility index (Phi) is 6.89. The maximum atomic E-state index is 13.0. The van der Waals surface area contributed by atoms with Gasteiger partial charge in [-0.2, -0.15) is 18.3 Å². The van der Waals surface area contributed by atoms with Crippen LogP contribution in [-0.2, 0) is 12.6 Å². The molecule has 0 aliphatic heterocycles. The number of benzene rings is 1. The third-order valence-corrected chi connectivity index (χ3v) is 5.54. The van der Waals surface area contributed by atoms with Crippen LogP contribution in [0.15, 0.2) is 40.5 Å². The molecular weight excluding hydrogens is 429 g/mol. The van der Waals surface area contributed by atoms with Gasteiger partial charge in [0.1, 0.15) is 0 Å². The van der Waals surface area contributed by atoms with E-state index in [0.29, 0.717) is 18.7 Å². The molecule has 0 aliphatic rings. The van der Waals surface area contributed by atoms with E-state index in [0.717, 1.165) is 40.4 Å². The molecule has 0 radical (unpaired) electrons. The topological polar surface area (TPSA) is 76.9 Å². The quantitative estimate of drug-likeness (QED) is 0.551. The van der Waals surface area contributed by atoms with Crippen molar-refractivity contribution in [3.8, 4) is 5.69 Å². The van der Waals surface area contributed by atoms with Gasteiger partial charge in [-0.25, -0.2) is 9.67 Å². The molecule has 164 valence electrons. The smallest absolute Gasteiger partial charge is 0.351 e. The van der Waals surface area contributed by atoms with Crippen molar-refractivity contribution in [1.29, 1.82) is 0 Å². The lowest BCUT2D eigenvalue weighted by atomic mass is 10.2. The van der Waals surface area contributed by atoms with Crippen molar-refractivity contribution in [2.45, 2.75) is 39.3 Å². The number of rotatable bonds is 7. The Labute approximate surface area is 180 Å². The minimum Gasteiger partial charge on any atom is -0.351 e. The van der Waals surface area contributed by atoms with Gasteiger partial charge in [-0.3, -0.25) is 9.59 Å². The van der Waals surface area contributed by atoms with E-state index in [2.05, 4.69) is 15.4 Å². The fraction of sp³-hybridized carbons (Fsp3) is 0.333. The van der Waals surface area contributed by atoms with Gasteiger partial charge in [0.25, 0.3) is 5.91 Å². The molecule has 3 aromatic rings. The van der Waals surface area contributed by atoms with Crippen molar-refractivity contribution < 1.29 is 18.0 Å². The molecule has 1 aromatic carbocycles. The van der Waals surface area contributed by atoms with Gasteiger partial charge in [0.15, 0.2) is 5.69 Å². The first kappa shape index (κ1) is 22.7. The van der Waals surface area contributed by atoms with Crippen LogP contribution >= 0.6 is 11.3 Å². The molecule has 2 aromatic heterocycles. The molecule has 0 spiro atoms. The number of amides is 1. The van der Waals surface area contributed by atoms with E-state index in [-0.39, 0.29) is 11.4 Å². The molecule has 1 amide bonds. The predicted molar refractivity (Wildman–Crippen MR) is 112 cm³/mol. The molecule has 0 fully saturated rings.